The lowest BCUT2D eigenvalue weighted by Crippen LogP contribution is -2.10. The van der Waals surface area contributed by atoms with Crippen LogP contribution in [0.5, 0.6) is 5.75 Å². The molecular weight excluding hydrogens is 262 g/mol. The minimum absolute atomic E-state index is 0.00620. The average Bonchev–Trinajstić information content (AvgIpc) is 2.44. The molecule has 3 heteroatoms. The molecule has 0 amide bonds. The van der Waals surface area contributed by atoms with E-state index in [-0.39, 0.29) is 11.9 Å². The molecular formula is C18H21NO2. The molecule has 0 heterocycles. The van der Waals surface area contributed by atoms with Crippen LogP contribution in [-0.2, 0) is 0 Å². The Morgan fingerprint density at radius 2 is 1.62 bits per heavy atom. The summed E-state index contributed by atoms with van der Waals surface area (Å²) in [6, 6.07) is 10.7. The van der Waals surface area contributed by atoms with Crippen LogP contribution in [-0.4, -0.2) is 11.9 Å². The zero-order valence-corrected chi connectivity index (χ0v) is 12.9. The molecule has 2 aromatic carbocycles. The smallest absolute Gasteiger partial charge is 0.193 e. The van der Waals surface area contributed by atoms with Gasteiger partial charge in [-0.1, -0.05) is 0 Å². The summed E-state index contributed by atoms with van der Waals surface area (Å²) < 4.78 is 5.75. The van der Waals surface area contributed by atoms with E-state index in [0.29, 0.717) is 16.8 Å². The summed E-state index contributed by atoms with van der Waals surface area (Å²) in [6.07, 6.45) is 0.113. The van der Waals surface area contributed by atoms with Crippen molar-refractivity contribution >= 4 is 11.5 Å². The summed E-state index contributed by atoms with van der Waals surface area (Å²) in [5.74, 6) is 0.836. The van der Waals surface area contributed by atoms with Crippen molar-refractivity contribution in [3.8, 4) is 5.75 Å². The molecule has 0 atom stereocenters. The third-order valence-electron chi connectivity index (χ3n) is 3.52. The van der Waals surface area contributed by atoms with Gasteiger partial charge in [-0.15, -0.1) is 0 Å². The minimum atomic E-state index is 0.00620. The topological polar surface area (TPSA) is 52.3 Å². The Hall–Kier alpha value is -2.29. The van der Waals surface area contributed by atoms with Crippen molar-refractivity contribution in [2.24, 2.45) is 0 Å². The Balaban J connectivity index is 2.38. The Kier molecular flexibility index (Phi) is 4.32. The third kappa shape index (κ3) is 3.24. The number of ether oxygens (including phenoxy) is 1. The number of carbonyl (C=O) groups is 1. The maximum atomic E-state index is 12.6. The first-order valence-electron chi connectivity index (χ1n) is 7.07. The van der Waals surface area contributed by atoms with Crippen molar-refractivity contribution in [3.05, 3.63) is 58.7 Å². The van der Waals surface area contributed by atoms with E-state index in [2.05, 4.69) is 0 Å². The van der Waals surface area contributed by atoms with Crippen LogP contribution < -0.4 is 10.5 Å². The molecule has 3 nitrogen and oxygen atoms in total. The van der Waals surface area contributed by atoms with Gasteiger partial charge in [0.2, 0.25) is 0 Å². The van der Waals surface area contributed by atoms with Crippen LogP contribution in [0.1, 0.15) is 40.9 Å². The van der Waals surface area contributed by atoms with Crippen molar-refractivity contribution in [2.45, 2.75) is 33.8 Å². The van der Waals surface area contributed by atoms with Gasteiger partial charge in [-0.3, -0.25) is 4.79 Å². The number of nitrogen functional groups attached to an aromatic ring is 1. The van der Waals surface area contributed by atoms with E-state index in [0.717, 1.165) is 16.9 Å². The molecule has 0 unspecified atom stereocenters. The first-order valence-corrected chi connectivity index (χ1v) is 7.07. The number of ketones is 1. The molecule has 0 fully saturated rings. The predicted octanol–water partition coefficient (Wildman–Crippen LogP) is 3.90. The normalized spacial score (nSPS) is 10.7. The molecule has 0 saturated heterocycles. The molecule has 0 aliphatic carbocycles. The molecule has 0 radical (unpaired) electrons. The molecule has 0 saturated carbocycles. The average molecular weight is 283 g/mol. The first-order chi connectivity index (χ1) is 9.90. The molecule has 0 aliphatic rings. The molecule has 0 spiro atoms. The highest BCUT2D eigenvalue weighted by molar-refractivity contribution is 6.10. The predicted molar refractivity (Wildman–Crippen MR) is 86.0 cm³/mol. The van der Waals surface area contributed by atoms with Crippen LogP contribution in [0.25, 0.3) is 0 Å². The number of nitrogens with two attached hydrogens (primary N) is 1. The van der Waals surface area contributed by atoms with E-state index < -0.39 is 0 Å². The van der Waals surface area contributed by atoms with Crippen LogP contribution >= 0.6 is 0 Å². The molecule has 2 aromatic rings. The van der Waals surface area contributed by atoms with Crippen LogP contribution in [0.3, 0.4) is 0 Å². The van der Waals surface area contributed by atoms with Gasteiger partial charge in [-0.2, -0.15) is 0 Å². The summed E-state index contributed by atoms with van der Waals surface area (Å²) in [5, 5.41) is 0. The van der Waals surface area contributed by atoms with Gasteiger partial charge in [0.15, 0.2) is 5.78 Å². The first kappa shape index (κ1) is 15.1. The number of hydrogen-bond acceptors (Lipinski definition) is 3. The van der Waals surface area contributed by atoms with Gasteiger partial charge < -0.3 is 10.5 Å². The molecule has 110 valence electrons. The number of anilines is 1. The number of hydrogen-bond donors (Lipinski definition) is 1. The van der Waals surface area contributed by atoms with Gasteiger partial charge in [0.25, 0.3) is 0 Å². The second-order valence-corrected chi connectivity index (χ2v) is 5.48. The van der Waals surface area contributed by atoms with E-state index >= 15 is 0 Å². The highest BCUT2D eigenvalue weighted by atomic mass is 16.5. The fourth-order valence-electron chi connectivity index (χ4n) is 2.21. The van der Waals surface area contributed by atoms with E-state index in [1.165, 1.54) is 0 Å². The maximum absolute atomic E-state index is 12.6. The summed E-state index contributed by atoms with van der Waals surface area (Å²) in [4.78, 5) is 12.6. The van der Waals surface area contributed by atoms with Crippen LogP contribution in [0.15, 0.2) is 36.4 Å². The quantitative estimate of drug-likeness (QED) is 0.684. The number of benzene rings is 2. The molecule has 0 aliphatic heterocycles. The van der Waals surface area contributed by atoms with E-state index in [1.54, 1.807) is 24.3 Å². The van der Waals surface area contributed by atoms with Gasteiger partial charge >= 0.3 is 0 Å². The van der Waals surface area contributed by atoms with E-state index in [1.807, 2.05) is 39.8 Å². The Labute approximate surface area is 125 Å². The second-order valence-electron chi connectivity index (χ2n) is 5.48. The van der Waals surface area contributed by atoms with Crippen molar-refractivity contribution < 1.29 is 9.53 Å². The maximum Gasteiger partial charge on any atom is 0.193 e. The van der Waals surface area contributed by atoms with E-state index in [9.17, 15) is 4.79 Å². The molecule has 2 N–H and O–H groups in total. The molecule has 21 heavy (non-hydrogen) atoms. The fourth-order valence-corrected chi connectivity index (χ4v) is 2.21. The Morgan fingerprint density at radius 3 is 2.19 bits per heavy atom. The molecule has 0 aromatic heterocycles. The van der Waals surface area contributed by atoms with Crippen molar-refractivity contribution in [1.82, 2.24) is 0 Å². The van der Waals surface area contributed by atoms with E-state index in [4.69, 9.17) is 10.5 Å². The summed E-state index contributed by atoms with van der Waals surface area (Å²) >= 11 is 0. The second kappa shape index (κ2) is 6.00. The third-order valence-corrected chi connectivity index (χ3v) is 3.52. The largest absolute Gasteiger partial charge is 0.491 e. The lowest BCUT2D eigenvalue weighted by Gasteiger charge is -2.16. The lowest BCUT2D eigenvalue weighted by molar-refractivity contribution is 0.103. The molecule has 2 rings (SSSR count). The Bertz CT molecular complexity index is 658. The zero-order valence-electron chi connectivity index (χ0n) is 12.9. The summed E-state index contributed by atoms with van der Waals surface area (Å²) in [7, 11) is 0. The fraction of sp³-hybridized carbons (Fsp3) is 0.278. The monoisotopic (exact) mass is 283 g/mol. The lowest BCUT2D eigenvalue weighted by atomic mass is 9.95. The standard InChI is InChI=1S/C18H21NO2/c1-11(2)21-17-10-9-16(12(3)13(17)4)18(20)14-5-7-15(19)8-6-14/h5-11H,19H2,1-4H3. The SMILES string of the molecule is Cc1c(OC(C)C)ccc(C(=O)c2ccc(N)cc2)c1C. The van der Waals surface area contributed by atoms with Gasteiger partial charge in [0.1, 0.15) is 5.75 Å². The highest BCUT2D eigenvalue weighted by Gasteiger charge is 2.15. The van der Waals surface area contributed by atoms with Crippen molar-refractivity contribution in [2.75, 3.05) is 5.73 Å². The Morgan fingerprint density at radius 1 is 1.00 bits per heavy atom. The van der Waals surface area contributed by atoms with Gasteiger partial charge in [-0.25, -0.2) is 0 Å². The van der Waals surface area contributed by atoms with Crippen LogP contribution in [0, 0.1) is 13.8 Å². The minimum Gasteiger partial charge on any atom is -0.491 e. The number of rotatable bonds is 4. The van der Waals surface area contributed by atoms with Gasteiger partial charge in [0, 0.05) is 16.8 Å². The van der Waals surface area contributed by atoms with Gasteiger partial charge in [0.05, 0.1) is 6.10 Å². The van der Waals surface area contributed by atoms with Crippen LogP contribution in [0.2, 0.25) is 0 Å². The summed E-state index contributed by atoms with van der Waals surface area (Å²) in [5.41, 5.74) is 9.61. The van der Waals surface area contributed by atoms with Crippen molar-refractivity contribution in [3.63, 3.8) is 0 Å². The van der Waals surface area contributed by atoms with Crippen molar-refractivity contribution in [1.29, 1.82) is 0 Å². The van der Waals surface area contributed by atoms with Gasteiger partial charge in [-0.05, 0) is 75.2 Å². The summed E-state index contributed by atoms with van der Waals surface area (Å²) in [6.45, 7) is 7.91. The van der Waals surface area contributed by atoms with Crippen LogP contribution in [0.4, 0.5) is 5.69 Å². The number of carbonyl (C=O) groups excluding carboxylic acids is 1. The zero-order chi connectivity index (χ0) is 15.6. The molecule has 0 bridgehead atoms. The highest BCUT2D eigenvalue weighted by Crippen LogP contribution is 2.27.